The summed E-state index contributed by atoms with van der Waals surface area (Å²) in [5.41, 5.74) is 5.33. The van der Waals surface area contributed by atoms with Gasteiger partial charge >= 0.3 is 12.3 Å². The number of carboxylic acid groups (broad SMARTS) is 1. The van der Waals surface area contributed by atoms with Crippen LogP contribution < -0.4 is 10.6 Å². The van der Waals surface area contributed by atoms with Gasteiger partial charge in [-0.2, -0.15) is 13.2 Å². The average Bonchev–Trinajstić information content (AvgIpc) is 2.46. The molecule has 8 heteroatoms. The zero-order valence-corrected chi connectivity index (χ0v) is 14.5. The Labute approximate surface area is 145 Å². The van der Waals surface area contributed by atoms with Gasteiger partial charge in [0.25, 0.3) is 0 Å². The van der Waals surface area contributed by atoms with Crippen LogP contribution in [0.15, 0.2) is 24.3 Å². The lowest BCUT2D eigenvalue weighted by atomic mass is 9.93. The Bertz CT molecular complexity index is 628. The topological polar surface area (TPSA) is 69.8 Å². The van der Waals surface area contributed by atoms with Crippen molar-refractivity contribution in [1.29, 1.82) is 0 Å². The van der Waals surface area contributed by atoms with Crippen LogP contribution in [0.5, 0.6) is 0 Å². The van der Waals surface area contributed by atoms with Crippen molar-refractivity contribution in [3.63, 3.8) is 0 Å². The maximum Gasteiger partial charge on any atom is 0.416 e. The van der Waals surface area contributed by atoms with E-state index in [9.17, 15) is 23.1 Å². The van der Waals surface area contributed by atoms with Gasteiger partial charge in [-0.1, -0.05) is 6.07 Å². The lowest BCUT2D eigenvalue weighted by Gasteiger charge is -2.47. The Morgan fingerprint density at radius 3 is 2.44 bits per heavy atom. The Kier molecular flexibility index (Phi) is 5.22. The highest BCUT2D eigenvalue weighted by Crippen LogP contribution is 2.33. The second-order valence-electron chi connectivity index (χ2n) is 7.34. The quantitative estimate of drug-likeness (QED) is 0.849. The summed E-state index contributed by atoms with van der Waals surface area (Å²) < 4.78 is 38.7. The van der Waals surface area contributed by atoms with Gasteiger partial charge in [-0.3, -0.25) is 4.90 Å². The smallest absolute Gasteiger partial charge is 0.416 e. The first-order valence-corrected chi connectivity index (χ1v) is 8.11. The summed E-state index contributed by atoms with van der Waals surface area (Å²) in [4.78, 5) is 14.8. The first-order chi connectivity index (χ1) is 11.4. The summed E-state index contributed by atoms with van der Waals surface area (Å²) in [6.07, 6.45) is -4.98. The number of alkyl halides is 3. The van der Waals surface area contributed by atoms with Crippen molar-refractivity contribution in [1.82, 2.24) is 4.90 Å². The molecule has 1 aliphatic rings. The Morgan fingerprint density at radius 1 is 1.32 bits per heavy atom. The summed E-state index contributed by atoms with van der Waals surface area (Å²) in [6.45, 7) is 6.14. The molecular weight excluding hydrogens is 335 g/mol. The minimum absolute atomic E-state index is 0.297. The third kappa shape index (κ3) is 4.36. The third-order valence-corrected chi connectivity index (χ3v) is 4.42. The molecule has 5 nitrogen and oxygen atoms in total. The van der Waals surface area contributed by atoms with E-state index >= 15 is 0 Å². The number of halogens is 3. The summed E-state index contributed by atoms with van der Waals surface area (Å²) in [5, 5.41) is 9.52. The molecule has 1 aromatic rings. The summed E-state index contributed by atoms with van der Waals surface area (Å²) in [5.74, 6) is 0. The number of anilines is 1. The molecular formula is C17H24F3N3O2. The monoisotopic (exact) mass is 359 g/mol. The highest BCUT2D eigenvalue weighted by atomic mass is 19.4. The fourth-order valence-electron chi connectivity index (χ4n) is 3.33. The predicted molar refractivity (Wildman–Crippen MR) is 89.7 cm³/mol. The average molecular weight is 359 g/mol. The van der Waals surface area contributed by atoms with Crippen LogP contribution in [0.1, 0.15) is 32.8 Å². The van der Waals surface area contributed by atoms with Gasteiger partial charge in [0, 0.05) is 30.4 Å². The fourth-order valence-corrected chi connectivity index (χ4v) is 3.33. The normalized spacial score (nSPS) is 22.0. The highest BCUT2D eigenvalue weighted by molar-refractivity contribution is 5.67. The molecule has 0 spiro atoms. The van der Waals surface area contributed by atoms with Crippen LogP contribution in [0.4, 0.5) is 23.7 Å². The Balaban J connectivity index is 2.18. The van der Waals surface area contributed by atoms with E-state index in [1.807, 2.05) is 0 Å². The van der Waals surface area contributed by atoms with E-state index in [2.05, 4.69) is 0 Å². The molecule has 1 heterocycles. The number of rotatable bonds is 2. The van der Waals surface area contributed by atoms with Gasteiger partial charge < -0.3 is 15.7 Å². The van der Waals surface area contributed by atoms with Gasteiger partial charge in [0.15, 0.2) is 0 Å². The molecule has 3 N–H and O–H groups in total. The lowest BCUT2D eigenvalue weighted by Crippen LogP contribution is -2.63. The maximum absolute atomic E-state index is 12.9. The number of amides is 1. The maximum atomic E-state index is 12.9. The van der Waals surface area contributed by atoms with E-state index < -0.39 is 29.4 Å². The fraction of sp³-hybridized carbons (Fsp3) is 0.588. The van der Waals surface area contributed by atoms with Crippen LogP contribution in [-0.2, 0) is 6.18 Å². The van der Waals surface area contributed by atoms with Crippen molar-refractivity contribution in [2.24, 2.45) is 5.73 Å². The van der Waals surface area contributed by atoms with Crippen molar-refractivity contribution in [2.45, 2.75) is 51.0 Å². The number of hydrogen-bond donors (Lipinski definition) is 2. The summed E-state index contributed by atoms with van der Waals surface area (Å²) in [7, 11) is 0. The lowest BCUT2D eigenvalue weighted by molar-refractivity contribution is -0.137. The van der Waals surface area contributed by atoms with Crippen molar-refractivity contribution in [2.75, 3.05) is 18.0 Å². The summed E-state index contributed by atoms with van der Waals surface area (Å²) >= 11 is 0. The van der Waals surface area contributed by atoms with Crippen molar-refractivity contribution in [3.05, 3.63) is 29.8 Å². The minimum atomic E-state index is -4.40. The SMILES string of the molecule is CC(C)(C)N(C(=O)O)[C@H]1CCN(c2cccc(C(F)(F)F)c2)C[C@@H]1N. The Morgan fingerprint density at radius 2 is 1.96 bits per heavy atom. The van der Waals surface area contributed by atoms with Crippen LogP contribution >= 0.6 is 0 Å². The standard InChI is InChI=1S/C17H24F3N3O2/c1-16(2,3)23(15(24)25)14-7-8-22(10-13(14)21)12-6-4-5-11(9-12)17(18,19)20/h4-6,9,13-14H,7-8,10,21H2,1-3H3,(H,24,25)/t13-,14-/m0/s1. The van der Waals surface area contributed by atoms with E-state index in [0.717, 1.165) is 12.1 Å². The molecule has 140 valence electrons. The van der Waals surface area contributed by atoms with Crippen molar-refractivity contribution >= 4 is 11.8 Å². The van der Waals surface area contributed by atoms with Crippen LogP contribution in [0, 0.1) is 0 Å². The van der Waals surface area contributed by atoms with E-state index in [-0.39, 0.29) is 6.04 Å². The van der Waals surface area contributed by atoms with Crippen LogP contribution in [-0.4, -0.2) is 46.8 Å². The van der Waals surface area contributed by atoms with Gasteiger partial charge in [0.1, 0.15) is 0 Å². The van der Waals surface area contributed by atoms with Gasteiger partial charge in [-0.05, 0) is 45.4 Å². The van der Waals surface area contributed by atoms with Crippen LogP contribution in [0.25, 0.3) is 0 Å². The molecule has 2 rings (SSSR count). The number of piperidine rings is 1. The largest absolute Gasteiger partial charge is 0.465 e. The highest BCUT2D eigenvalue weighted by Gasteiger charge is 2.39. The minimum Gasteiger partial charge on any atom is -0.465 e. The van der Waals surface area contributed by atoms with E-state index in [1.165, 1.54) is 11.0 Å². The molecule has 0 aliphatic carbocycles. The van der Waals surface area contributed by atoms with Gasteiger partial charge in [0.05, 0.1) is 11.6 Å². The first-order valence-electron chi connectivity index (χ1n) is 8.11. The van der Waals surface area contributed by atoms with Gasteiger partial charge in [-0.25, -0.2) is 4.79 Å². The second kappa shape index (κ2) is 6.74. The van der Waals surface area contributed by atoms with Crippen molar-refractivity contribution < 1.29 is 23.1 Å². The number of carbonyl (C=O) groups is 1. The molecule has 2 atom stereocenters. The molecule has 25 heavy (non-hydrogen) atoms. The number of benzene rings is 1. The zero-order valence-electron chi connectivity index (χ0n) is 14.5. The number of nitrogens with two attached hydrogens (primary N) is 1. The first kappa shape index (κ1) is 19.4. The van der Waals surface area contributed by atoms with Gasteiger partial charge in [0.2, 0.25) is 0 Å². The molecule has 1 aliphatic heterocycles. The molecule has 0 bridgehead atoms. The molecule has 1 aromatic carbocycles. The number of hydrogen-bond acceptors (Lipinski definition) is 3. The van der Waals surface area contributed by atoms with E-state index in [0.29, 0.717) is 25.2 Å². The number of nitrogens with zero attached hydrogens (tertiary/aromatic N) is 2. The predicted octanol–water partition coefficient (Wildman–Crippen LogP) is 3.39. The zero-order chi connectivity index (χ0) is 19.0. The molecule has 0 unspecified atom stereocenters. The van der Waals surface area contributed by atoms with E-state index in [1.54, 1.807) is 31.7 Å². The molecule has 0 saturated carbocycles. The third-order valence-electron chi connectivity index (χ3n) is 4.42. The molecule has 1 saturated heterocycles. The molecule has 1 amide bonds. The van der Waals surface area contributed by atoms with Crippen molar-refractivity contribution in [3.8, 4) is 0 Å². The Hall–Kier alpha value is -1.96. The van der Waals surface area contributed by atoms with Gasteiger partial charge in [-0.15, -0.1) is 0 Å². The van der Waals surface area contributed by atoms with Crippen LogP contribution in [0.2, 0.25) is 0 Å². The van der Waals surface area contributed by atoms with Crippen LogP contribution in [0.3, 0.4) is 0 Å². The molecule has 0 aromatic heterocycles. The molecule has 0 radical (unpaired) electrons. The second-order valence-corrected chi connectivity index (χ2v) is 7.34. The summed E-state index contributed by atoms with van der Waals surface area (Å²) in [6, 6.07) is 4.25. The van der Waals surface area contributed by atoms with E-state index in [4.69, 9.17) is 5.73 Å². The molecule has 1 fully saturated rings.